The summed E-state index contributed by atoms with van der Waals surface area (Å²) in [4.78, 5) is 0. The third kappa shape index (κ3) is 5.31. The lowest BCUT2D eigenvalue weighted by molar-refractivity contribution is -0.0102. The van der Waals surface area contributed by atoms with Crippen LogP contribution < -0.4 is 5.32 Å². The Kier molecular flexibility index (Phi) is 7.06. The maximum absolute atomic E-state index is 5.91. The quantitative estimate of drug-likeness (QED) is 0.720. The van der Waals surface area contributed by atoms with Gasteiger partial charge in [0.1, 0.15) is 0 Å². The van der Waals surface area contributed by atoms with Gasteiger partial charge in [-0.2, -0.15) is 0 Å². The van der Waals surface area contributed by atoms with Gasteiger partial charge in [0.2, 0.25) is 0 Å². The molecule has 0 spiro atoms. The minimum absolute atomic E-state index is 0.471. The molecular weight excluding hydrogens is 198 g/mol. The number of ether oxygens (including phenoxy) is 1. The van der Waals surface area contributed by atoms with Gasteiger partial charge in [-0.1, -0.05) is 20.8 Å². The van der Waals surface area contributed by atoms with Crippen molar-refractivity contribution in [3.05, 3.63) is 0 Å². The van der Waals surface area contributed by atoms with Crippen LogP contribution in [-0.2, 0) is 4.74 Å². The lowest BCUT2D eigenvalue weighted by Crippen LogP contribution is -2.43. The SMILES string of the molecule is CCCNC(CCC(C)C)C1CCCCO1. The topological polar surface area (TPSA) is 21.3 Å². The van der Waals surface area contributed by atoms with Crippen molar-refractivity contribution in [3.63, 3.8) is 0 Å². The van der Waals surface area contributed by atoms with Crippen molar-refractivity contribution >= 4 is 0 Å². The molecule has 1 fully saturated rings. The number of rotatable bonds is 7. The van der Waals surface area contributed by atoms with Crippen molar-refractivity contribution in [2.75, 3.05) is 13.2 Å². The van der Waals surface area contributed by atoms with E-state index >= 15 is 0 Å². The molecule has 0 radical (unpaired) electrons. The van der Waals surface area contributed by atoms with E-state index in [9.17, 15) is 0 Å². The van der Waals surface area contributed by atoms with E-state index in [1.807, 2.05) is 0 Å². The molecule has 1 rings (SSSR count). The molecule has 16 heavy (non-hydrogen) atoms. The summed E-state index contributed by atoms with van der Waals surface area (Å²) in [6.07, 6.45) is 8.10. The zero-order valence-electron chi connectivity index (χ0n) is 11.3. The molecule has 1 saturated heterocycles. The van der Waals surface area contributed by atoms with Crippen LogP contribution in [0.5, 0.6) is 0 Å². The lowest BCUT2D eigenvalue weighted by atomic mass is 9.95. The first kappa shape index (κ1) is 14.0. The Morgan fingerprint density at radius 3 is 2.62 bits per heavy atom. The van der Waals surface area contributed by atoms with Gasteiger partial charge in [0.15, 0.2) is 0 Å². The van der Waals surface area contributed by atoms with Crippen molar-refractivity contribution < 1.29 is 4.74 Å². The first-order chi connectivity index (χ1) is 7.74. The van der Waals surface area contributed by atoms with Crippen LogP contribution in [0.25, 0.3) is 0 Å². The third-order valence-electron chi connectivity index (χ3n) is 3.38. The molecule has 96 valence electrons. The zero-order valence-corrected chi connectivity index (χ0v) is 11.3. The van der Waals surface area contributed by atoms with Gasteiger partial charge < -0.3 is 10.1 Å². The summed E-state index contributed by atoms with van der Waals surface area (Å²) in [6, 6.07) is 0.586. The van der Waals surface area contributed by atoms with E-state index in [-0.39, 0.29) is 0 Å². The molecule has 2 atom stereocenters. The molecule has 0 saturated carbocycles. The van der Waals surface area contributed by atoms with E-state index in [2.05, 4.69) is 26.1 Å². The predicted octanol–water partition coefficient (Wildman–Crippen LogP) is 3.36. The summed E-state index contributed by atoms with van der Waals surface area (Å²) < 4.78 is 5.91. The smallest absolute Gasteiger partial charge is 0.0728 e. The van der Waals surface area contributed by atoms with E-state index in [4.69, 9.17) is 4.74 Å². The molecule has 0 aliphatic carbocycles. The maximum atomic E-state index is 5.91. The first-order valence-electron chi connectivity index (χ1n) is 7.09. The monoisotopic (exact) mass is 227 g/mol. The standard InChI is InChI=1S/C14H29NO/c1-4-10-15-13(9-8-12(2)3)14-7-5-6-11-16-14/h12-15H,4-11H2,1-3H3. The van der Waals surface area contributed by atoms with Crippen LogP contribution in [0.15, 0.2) is 0 Å². The van der Waals surface area contributed by atoms with E-state index in [1.54, 1.807) is 0 Å². The minimum Gasteiger partial charge on any atom is -0.377 e. The molecule has 2 unspecified atom stereocenters. The summed E-state index contributed by atoms with van der Waals surface area (Å²) in [5.74, 6) is 0.800. The molecule has 1 N–H and O–H groups in total. The summed E-state index contributed by atoms with van der Waals surface area (Å²) in [7, 11) is 0. The van der Waals surface area contributed by atoms with E-state index in [1.165, 1.54) is 38.5 Å². The van der Waals surface area contributed by atoms with Crippen molar-refractivity contribution in [2.45, 2.75) is 71.4 Å². The summed E-state index contributed by atoms with van der Waals surface area (Å²) in [5.41, 5.74) is 0. The van der Waals surface area contributed by atoms with Crippen molar-refractivity contribution in [1.29, 1.82) is 0 Å². The predicted molar refractivity (Wildman–Crippen MR) is 69.7 cm³/mol. The van der Waals surface area contributed by atoms with E-state index in [0.29, 0.717) is 12.1 Å². The third-order valence-corrected chi connectivity index (χ3v) is 3.38. The Morgan fingerprint density at radius 2 is 2.06 bits per heavy atom. The minimum atomic E-state index is 0.471. The van der Waals surface area contributed by atoms with Gasteiger partial charge in [-0.15, -0.1) is 0 Å². The number of hydrogen-bond donors (Lipinski definition) is 1. The molecule has 0 aromatic rings. The Morgan fingerprint density at radius 1 is 1.25 bits per heavy atom. The average Bonchev–Trinajstić information content (AvgIpc) is 2.30. The number of hydrogen-bond acceptors (Lipinski definition) is 2. The van der Waals surface area contributed by atoms with Gasteiger partial charge in [0.25, 0.3) is 0 Å². The summed E-state index contributed by atoms with van der Waals surface area (Å²) in [5, 5.41) is 3.67. The molecule has 0 amide bonds. The fourth-order valence-electron chi connectivity index (χ4n) is 2.34. The van der Waals surface area contributed by atoms with E-state index in [0.717, 1.165) is 19.1 Å². The van der Waals surface area contributed by atoms with E-state index < -0.39 is 0 Å². The highest BCUT2D eigenvalue weighted by Crippen LogP contribution is 2.20. The van der Waals surface area contributed by atoms with Crippen LogP contribution >= 0.6 is 0 Å². The zero-order chi connectivity index (χ0) is 11.8. The number of nitrogens with one attached hydrogen (secondary N) is 1. The molecule has 2 heteroatoms. The highest BCUT2D eigenvalue weighted by Gasteiger charge is 2.23. The molecule has 0 bridgehead atoms. The first-order valence-corrected chi connectivity index (χ1v) is 7.09. The van der Waals surface area contributed by atoms with Crippen LogP contribution in [0.2, 0.25) is 0 Å². The molecule has 0 aromatic carbocycles. The van der Waals surface area contributed by atoms with Gasteiger partial charge in [-0.05, 0) is 51.0 Å². The summed E-state index contributed by atoms with van der Waals surface area (Å²) >= 11 is 0. The Bertz CT molecular complexity index is 164. The van der Waals surface area contributed by atoms with Crippen molar-refractivity contribution in [2.24, 2.45) is 5.92 Å². The van der Waals surface area contributed by atoms with Gasteiger partial charge in [0, 0.05) is 12.6 Å². The average molecular weight is 227 g/mol. The normalized spacial score (nSPS) is 23.6. The van der Waals surface area contributed by atoms with Gasteiger partial charge >= 0.3 is 0 Å². The molecule has 1 aliphatic rings. The van der Waals surface area contributed by atoms with Gasteiger partial charge in [-0.3, -0.25) is 0 Å². The molecule has 0 aromatic heterocycles. The lowest BCUT2D eigenvalue weighted by Gasteiger charge is -2.31. The Labute approximate surface area is 101 Å². The van der Waals surface area contributed by atoms with Crippen LogP contribution in [0.3, 0.4) is 0 Å². The van der Waals surface area contributed by atoms with Crippen molar-refractivity contribution in [3.8, 4) is 0 Å². The molecule has 1 aliphatic heterocycles. The second-order valence-electron chi connectivity index (χ2n) is 5.44. The fraction of sp³-hybridized carbons (Fsp3) is 1.00. The maximum Gasteiger partial charge on any atom is 0.0728 e. The summed E-state index contributed by atoms with van der Waals surface area (Å²) in [6.45, 7) is 8.94. The van der Waals surface area contributed by atoms with Crippen LogP contribution in [-0.4, -0.2) is 25.3 Å². The van der Waals surface area contributed by atoms with Crippen LogP contribution in [0.1, 0.15) is 59.3 Å². The van der Waals surface area contributed by atoms with Gasteiger partial charge in [0.05, 0.1) is 6.10 Å². The van der Waals surface area contributed by atoms with Crippen molar-refractivity contribution in [1.82, 2.24) is 5.32 Å². The Hall–Kier alpha value is -0.0800. The van der Waals surface area contributed by atoms with Gasteiger partial charge in [-0.25, -0.2) is 0 Å². The second kappa shape index (κ2) is 8.08. The molecular formula is C14H29NO. The fourth-order valence-corrected chi connectivity index (χ4v) is 2.34. The highest BCUT2D eigenvalue weighted by molar-refractivity contribution is 4.79. The second-order valence-corrected chi connectivity index (χ2v) is 5.44. The van der Waals surface area contributed by atoms with Crippen LogP contribution in [0, 0.1) is 5.92 Å². The largest absolute Gasteiger partial charge is 0.377 e. The Balaban J connectivity index is 2.34. The molecule has 1 heterocycles. The highest BCUT2D eigenvalue weighted by atomic mass is 16.5. The van der Waals surface area contributed by atoms with Crippen LogP contribution in [0.4, 0.5) is 0 Å². The molecule has 2 nitrogen and oxygen atoms in total.